The summed E-state index contributed by atoms with van der Waals surface area (Å²) in [5.41, 5.74) is 0. The van der Waals surface area contributed by atoms with Gasteiger partial charge in [-0.05, 0) is 12.8 Å². The van der Waals surface area contributed by atoms with Crippen LogP contribution >= 0.6 is 0 Å². The summed E-state index contributed by atoms with van der Waals surface area (Å²) in [6, 6.07) is 0.447. The number of hydrogen-bond donors (Lipinski definition) is 1. The molecular formula is C11H20N2O2. The number of likely N-dealkylation sites (N-methyl/N-ethyl adjacent to an activating group) is 1. The van der Waals surface area contributed by atoms with Gasteiger partial charge in [0.05, 0.1) is 6.61 Å². The van der Waals surface area contributed by atoms with Crippen molar-refractivity contribution in [3.63, 3.8) is 0 Å². The summed E-state index contributed by atoms with van der Waals surface area (Å²) in [5.74, 6) is 0.147. The molecule has 4 heteroatoms. The van der Waals surface area contributed by atoms with Crippen LogP contribution in [0.25, 0.3) is 0 Å². The Bertz CT molecular complexity index is 221. The third-order valence-electron chi connectivity index (χ3n) is 3.42. The molecule has 0 aromatic heterocycles. The van der Waals surface area contributed by atoms with E-state index in [-0.39, 0.29) is 12.0 Å². The third kappa shape index (κ3) is 2.49. The van der Waals surface area contributed by atoms with Crippen molar-refractivity contribution in [1.29, 1.82) is 0 Å². The number of nitrogens with zero attached hydrogens (tertiary/aromatic N) is 1. The van der Waals surface area contributed by atoms with Crippen molar-refractivity contribution in [2.45, 2.75) is 37.8 Å². The molecule has 1 atom stereocenters. The quantitative estimate of drug-likeness (QED) is 0.719. The normalized spacial score (nSPS) is 27.9. The van der Waals surface area contributed by atoms with Crippen molar-refractivity contribution in [3.05, 3.63) is 0 Å². The molecule has 0 bridgehead atoms. The first-order chi connectivity index (χ1) is 7.29. The van der Waals surface area contributed by atoms with Crippen molar-refractivity contribution in [3.8, 4) is 0 Å². The smallest absolute Gasteiger partial charge is 0.253 e. The molecule has 1 saturated heterocycles. The maximum absolute atomic E-state index is 12.0. The first kappa shape index (κ1) is 10.9. The van der Waals surface area contributed by atoms with Gasteiger partial charge in [0.1, 0.15) is 6.10 Å². The first-order valence-electron chi connectivity index (χ1n) is 5.88. The topological polar surface area (TPSA) is 41.6 Å². The van der Waals surface area contributed by atoms with Crippen LogP contribution in [0.2, 0.25) is 0 Å². The zero-order chi connectivity index (χ0) is 10.7. The zero-order valence-corrected chi connectivity index (χ0v) is 9.37. The predicted octanol–water partition coefficient (Wildman–Crippen LogP) is 0.376. The second kappa shape index (κ2) is 4.94. The van der Waals surface area contributed by atoms with Crippen LogP contribution in [-0.2, 0) is 9.53 Å². The Morgan fingerprint density at radius 2 is 2.13 bits per heavy atom. The predicted molar refractivity (Wildman–Crippen MR) is 57.6 cm³/mol. The van der Waals surface area contributed by atoms with Gasteiger partial charge in [-0.2, -0.15) is 0 Å². The molecule has 0 aromatic rings. The maximum atomic E-state index is 12.0. The van der Waals surface area contributed by atoms with Crippen LogP contribution in [0.3, 0.4) is 0 Å². The monoisotopic (exact) mass is 212 g/mol. The number of hydrogen-bond acceptors (Lipinski definition) is 3. The van der Waals surface area contributed by atoms with E-state index in [9.17, 15) is 4.79 Å². The highest BCUT2D eigenvalue weighted by atomic mass is 16.5. The molecule has 1 aliphatic heterocycles. The molecule has 1 saturated carbocycles. The molecule has 0 unspecified atom stereocenters. The Balaban J connectivity index is 1.87. The van der Waals surface area contributed by atoms with Crippen molar-refractivity contribution >= 4 is 5.91 Å². The maximum Gasteiger partial charge on any atom is 0.253 e. The second-order valence-corrected chi connectivity index (χ2v) is 4.45. The van der Waals surface area contributed by atoms with Crippen molar-refractivity contribution in [1.82, 2.24) is 10.2 Å². The largest absolute Gasteiger partial charge is 0.366 e. The number of nitrogens with one attached hydrogen (secondary N) is 1. The summed E-state index contributed by atoms with van der Waals surface area (Å²) in [6.07, 6.45) is 4.56. The van der Waals surface area contributed by atoms with E-state index in [0.29, 0.717) is 19.2 Å². The van der Waals surface area contributed by atoms with Gasteiger partial charge in [0, 0.05) is 26.2 Å². The number of amides is 1. The molecule has 2 fully saturated rings. The lowest BCUT2D eigenvalue weighted by Crippen LogP contribution is -2.50. The van der Waals surface area contributed by atoms with Crippen LogP contribution < -0.4 is 5.32 Å². The number of carbonyl (C=O) groups is 1. The number of carbonyl (C=O) groups excluding carboxylic acids is 1. The van der Waals surface area contributed by atoms with Gasteiger partial charge in [-0.1, -0.05) is 12.8 Å². The van der Waals surface area contributed by atoms with E-state index in [1.54, 1.807) is 0 Å². The Morgan fingerprint density at radius 1 is 1.40 bits per heavy atom. The number of ether oxygens (including phenoxy) is 1. The van der Waals surface area contributed by atoms with Crippen LogP contribution in [0.4, 0.5) is 0 Å². The molecule has 1 heterocycles. The van der Waals surface area contributed by atoms with E-state index in [0.717, 1.165) is 19.4 Å². The van der Waals surface area contributed by atoms with Gasteiger partial charge in [0.2, 0.25) is 0 Å². The fourth-order valence-electron chi connectivity index (χ4n) is 2.42. The van der Waals surface area contributed by atoms with Crippen LogP contribution in [0.5, 0.6) is 0 Å². The van der Waals surface area contributed by atoms with Crippen LogP contribution in [0.15, 0.2) is 0 Å². The molecule has 2 aliphatic rings. The van der Waals surface area contributed by atoms with Gasteiger partial charge >= 0.3 is 0 Å². The highest BCUT2D eigenvalue weighted by Gasteiger charge is 2.30. The molecule has 1 amide bonds. The van der Waals surface area contributed by atoms with E-state index < -0.39 is 0 Å². The standard InChI is InChI=1S/C11H20N2O2/c1-13(9-4-2-3-5-9)11(14)10-8-12-6-7-15-10/h9-10,12H,2-8H2,1H3/t10-/m0/s1. The van der Waals surface area contributed by atoms with E-state index in [4.69, 9.17) is 4.74 Å². The highest BCUT2D eigenvalue weighted by molar-refractivity contribution is 5.81. The Labute approximate surface area is 91.0 Å². The Kier molecular flexibility index (Phi) is 3.59. The van der Waals surface area contributed by atoms with Gasteiger partial charge in [-0.15, -0.1) is 0 Å². The molecule has 15 heavy (non-hydrogen) atoms. The third-order valence-corrected chi connectivity index (χ3v) is 3.42. The molecule has 0 radical (unpaired) electrons. The van der Waals surface area contributed by atoms with E-state index in [1.165, 1.54) is 12.8 Å². The van der Waals surface area contributed by atoms with Gasteiger partial charge in [-0.25, -0.2) is 0 Å². The molecule has 1 aliphatic carbocycles. The minimum Gasteiger partial charge on any atom is -0.366 e. The lowest BCUT2D eigenvalue weighted by atomic mass is 10.2. The van der Waals surface area contributed by atoms with Crippen LogP contribution in [0.1, 0.15) is 25.7 Å². The summed E-state index contributed by atoms with van der Waals surface area (Å²) in [7, 11) is 1.91. The minimum atomic E-state index is -0.260. The Hall–Kier alpha value is -0.610. The average molecular weight is 212 g/mol. The summed E-state index contributed by atoms with van der Waals surface area (Å²) in [6.45, 7) is 2.17. The molecule has 0 spiro atoms. The first-order valence-corrected chi connectivity index (χ1v) is 5.88. The summed E-state index contributed by atoms with van der Waals surface area (Å²) in [4.78, 5) is 13.9. The van der Waals surface area contributed by atoms with Gasteiger partial charge in [0.15, 0.2) is 0 Å². The average Bonchev–Trinajstić information content (AvgIpc) is 2.82. The molecule has 0 aromatic carbocycles. The van der Waals surface area contributed by atoms with Gasteiger partial charge < -0.3 is 15.0 Å². The van der Waals surface area contributed by atoms with Gasteiger partial charge in [0.25, 0.3) is 5.91 Å². The molecule has 86 valence electrons. The SMILES string of the molecule is CN(C(=O)[C@@H]1CNCCO1)C1CCCC1. The molecule has 2 rings (SSSR count). The summed E-state index contributed by atoms with van der Waals surface area (Å²) < 4.78 is 5.47. The van der Waals surface area contributed by atoms with Crippen molar-refractivity contribution < 1.29 is 9.53 Å². The van der Waals surface area contributed by atoms with E-state index >= 15 is 0 Å². The van der Waals surface area contributed by atoms with Crippen molar-refractivity contribution in [2.75, 3.05) is 26.7 Å². The summed E-state index contributed by atoms with van der Waals surface area (Å²) in [5, 5.41) is 3.19. The van der Waals surface area contributed by atoms with Crippen LogP contribution in [0, 0.1) is 0 Å². The lowest BCUT2D eigenvalue weighted by Gasteiger charge is -2.30. The number of rotatable bonds is 2. The highest BCUT2D eigenvalue weighted by Crippen LogP contribution is 2.23. The fraction of sp³-hybridized carbons (Fsp3) is 0.909. The van der Waals surface area contributed by atoms with E-state index in [2.05, 4.69) is 5.32 Å². The second-order valence-electron chi connectivity index (χ2n) is 4.45. The Morgan fingerprint density at radius 3 is 2.73 bits per heavy atom. The fourth-order valence-corrected chi connectivity index (χ4v) is 2.42. The summed E-state index contributed by atoms with van der Waals surface area (Å²) >= 11 is 0. The molecule has 4 nitrogen and oxygen atoms in total. The zero-order valence-electron chi connectivity index (χ0n) is 9.37. The molecular weight excluding hydrogens is 192 g/mol. The van der Waals surface area contributed by atoms with E-state index in [1.807, 2.05) is 11.9 Å². The number of morpholine rings is 1. The minimum absolute atomic E-state index is 0.147. The van der Waals surface area contributed by atoms with Gasteiger partial charge in [-0.3, -0.25) is 4.79 Å². The molecule has 1 N–H and O–H groups in total. The lowest BCUT2D eigenvalue weighted by molar-refractivity contribution is -0.145. The van der Waals surface area contributed by atoms with Crippen LogP contribution in [-0.4, -0.2) is 49.7 Å². The van der Waals surface area contributed by atoms with Crippen molar-refractivity contribution in [2.24, 2.45) is 0 Å².